The molecule has 0 radical (unpaired) electrons. The molecule has 9 heteroatoms. The van der Waals surface area contributed by atoms with E-state index in [9.17, 15) is 25.0 Å². The van der Waals surface area contributed by atoms with Crippen molar-refractivity contribution in [3.8, 4) is 0 Å². The van der Waals surface area contributed by atoms with Gasteiger partial charge in [-0.2, -0.15) is 0 Å². The Morgan fingerprint density at radius 2 is 2.00 bits per heavy atom. The molecule has 0 heterocycles. The number of alkyl halides is 1. The van der Waals surface area contributed by atoms with Crippen LogP contribution in [0.4, 0.5) is 11.4 Å². The lowest BCUT2D eigenvalue weighted by atomic mass is 10.1. The zero-order valence-electron chi connectivity index (χ0n) is 9.74. The monoisotopic (exact) mass is 288 g/mol. The molecule has 1 unspecified atom stereocenters. The number of benzene rings is 1. The normalized spacial score (nSPS) is 11.7. The number of non-ortho nitro benzene ring substituents is 1. The van der Waals surface area contributed by atoms with Crippen LogP contribution in [-0.2, 0) is 9.53 Å². The molecule has 19 heavy (non-hydrogen) atoms. The molecule has 0 saturated heterocycles. The summed E-state index contributed by atoms with van der Waals surface area (Å²) in [6.45, 7) is 1.63. The largest absolute Gasteiger partial charge is 0.465 e. The Labute approximate surface area is 112 Å². The molecule has 1 atom stereocenters. The highest BCUT2D eigenvalue weighted by atomic mass is 35.5. The second kappa shape index (κ2) is 6.10. The van der Waals surface area contributed by atoms with E-state index in [2.05, 4.69) is 4.74 Å². The zero-order chi connectivity index (χ0) is 14.6. The number of nitro benzene ring substituents is 2. The molecule has 0 fully saturated rings. The Bertz CT molecular complexity index is 533. The van der Waals surface area contributed by atoms with E-state index in [-0.39, 0.29) is 12.2 Å². The fourth-order valence-electron chi connectivity index (χ4n) is 1.36. The summed E-state index contributed by atoms with van der Waals surface area (Å²) in [6.07, 6.45) is 0. The van der Waals surface area contributed by atoms with E-state index in [1.54, 1.807) is 6.92 Å². The number of nitro groups is 2. The van der Waals surface area contributed by atoms with Gasteiger partial charge in [0.15, 0.2) is 5.38 Å². The van der Waals surface area contributed by atoms with E-state index in [4.69, 9.17) is 11.6 Å². The van der Waals surface area contributed by atoms with Gasteiger partial charge < -0.3 is 4.74 Å². The van der Waals surface area contributed by atoms with Gasteiger partial charge in [0.2, 0.25) is 0 Å². The summed E-state index contributed by atoms with van der Waals surface area (Å²) in [4.78, 5) is 31.2. The Morgan fingerprint density at radius 3 is 2.47 bits per heavy atom. The minimum Gasteiger partial charge on any atom is -0.465 e. The van der Waals surface area contributed by atoms with Crippen LogP contribution in [0.2, 0.25) is 0 Å². The summed E-state index contributed by atoms with van der Waals surface area (Å²) in [7, 11) is 0. The molecular weight excluding hydrogens is 280 g/mol. The highest BCUT2D eigenvalue weighted by molar-refractivity contribution is 6.30. The standard InChI is InChI=1S/C10H9ClN2O6/c1-2-19-10(14)9(11)7-4-3-6(12(15)16)5-8(7)13(17)18/h3-5,9H,2H2,1H3. The molecule has 0 saturated carbocycles. The van der Waals surface area contributed by atoms with Crippen molar-refractivity contribution in [2.24, 2.45) is 0 Å². The third-order valence-electron chi connectivity index (χ3n) is 2.19. The zero-order valence-corrected chi connectivity index (χ0v) is 10.5. The number of esters is 1. The highest BCUT2D eigenvalue weighted by Gasteiger charge is 2.29. The summed E-state index contributed by atoms with van der Waals surface area (Å²) >= 11 is 5.77. The fourth-order valence-corrected chi connectivity index (χ4v) is 1.61. The Kier molecular flexibility index (Phi) is 4.76. The first-order chi connectivity index (χ1) is 8.88. The molecule has 0 aromatic heterocycles. The second-order valence-electron chi connectivity index (χ2n) is 3.37. The van der Waals surface area contributed by atoms with Crippen LogP contribution in [0.15, 0.2) is 18.2 Å². The first-order valence-electron chi connectivity index (χ1n) is 5.12. The predicted molar refractivity (Wildman–Crippen MR) is 65.0 cm³/mol. The number of nitrogens with zero attached hydrogens (tertiary/aromatic N) is 2. The predicted octanol–water partition coefficient (Wildman–Crippen LogP) is 2.35. The molecule has 0 spiro atoms. The SMILES string of the molecule is CCOC(=O)C(Cl)c1ccc([N+](=O)[O-])cc1[N+](=O)[O-]. The molecule has 1 aromatic carbocycles. The molecule has 0 aliphatic carbocycles. The molecule has 1 aromatic rings. The van der Waals surface area contributed by atoms with Crippen LogP contribution in [0.25, 0.3) is 0 Å². The van der Waals surface area contributed by atoms with Crippen molar-refractivity contribution in [2.75, 3.05) is 6.61 Å². The fraction of sp³-hybridized carbons (Fsp3) is 0.300. The van der Waals surface area contributed by atoms with Crippen molar-refractivity contribution in [3.63, 3.8) is 0 Å². The van der Waals surface area contributed by atoms with E-state index in [0.717, 1.165) is 18.2 Å². The minimum absolute atomic E-state index is 0.0723. The summed E-state index contributed by atoms with van der Waals surface area (Å²) in [5, 5.41) is 20.0. The van der Waals surface area contributed by atoms with Gasteiger partial charge in [0.1, 0.15) is 0 Å². The van der Waals surface area contributed by atoms with Gasteiger partial charge in [-0.15, -0.1) is 11.6 Å². The van der Waals surface area contributed by atoms with Gasteiger partial charge in [-0.1, -0.05) is 0 Å². The summed E-state index contributed by atoms with van der Waals surface area (Å²) in [5.74, 6) is -0.846. The number of halogens is 1. The van der Waals surface area contributed by atoms with Crippen LogP contribution in [0.5, 0.6) is 0 Å². The van der Waals surface area contributed by atoms with E-state index in [1.807, 2.05) is 0 Å². The number of carbonyl (C=O) groups is 1. The van der Waals surface area contributed by atoms with Crippen molar-refractivity contribution in [3.05, 3.63) is 44.0 Å². The maximum atomic E-state index is 11.4. The van der Waals surface area contributed by atoms with Crippen LogP contribution >= 0.6 is 11.6 Å². The van der Waals surface area contributed by atoms with Crippen molar-refractivity contribution < 1.29 is 19.4 Å². The second-order valence-corrected chi connectivity index (χ2v) is 3.81. The van der Waals surface area contributed by atoms with E-state index < -0.39 is 32.6 Å². The third-order valence-corrected chi connectivity index (χ3v) is 2.60. The molecule has 1 rings (SSSR count). The van der Waals surface area contributed by atoms with Gasteiger partial charge in [0, 0.05) is 6.07 Å². The van der Waals surface area contributed by atoms with Crippen molar-refractivity contribution in [2.45, 2.75) is 12.3 Å². The van der Waals surface area contributed by atoms with Crippen molar-refractivity contribution in [1.29, 1.82) is 0 Å². The number of hydrogen-bond donors (Lipinski definition) is 0. The van der Waals surface area contributed by atoms with Crippen LogP contribution < -0.4 is 0 Å². The number of rotatable bonds is 5. The van der Waals surface area contributed by atoms with Crippen LogP contribution in [0.3, 0.4) is 0 Å². The highest BCUT2D eigenvalue weighted by Crippen LogP contribution is 2.33. The van der Waals surface area contributed by atoms with Gasteiger partial charge in [-0.05, 0) is 13.0 Å². The average Bonchev–Trinajstić information content (AvgIpc) is 2.37. The quantitative estimate of drug-likeness (QED) is 0.356. The van der Waals surface area contributed by atoms with Crippen molar-refractivity contribution >= 4 is 28.9 Å². The molecule has 0 N–H and O–H groups in total. The Morgan fingerprint density at radius 1 is 1.37 bits per heavy atom. The molecule has 8 nitrogen and oxygen atoms in total. The lowest BCUT2D eigenvalue weighted by molar-refractivity contribution is -0.394. The Balaban J connectivity index is 3.23. The van der Waals surface area contributed by atoms with Crippen molar-refractivity contribution in [1.82, 2.24) is 0 Å². The molecule has 0 aliphatic rings. The van der Waals surface area contributed by atoms with Crippen LogP contribution in [0, 0.1) is 20.2 Å². The summed E-state index contributed by atoms with van der Waals surface area (Å²) in [6, 6.07) is 2.87. The molecule has 0 bridgehead atoms. The lowest BCUT2D eigenvalue weighted by Crippen LogP contribution is -2.12. The first-order valence-corrected chi connectivity index (χ1v) is 5.55. The number of hydrogen-bond acceptors (Lipinski definition) is 6. The maximum absolute atomic E-state index is 11.4. The summed E-state index contributed by atoms with van der Waals surface area (Å²) in [5.41, 5.74) is -1.19. The van der Waals surface area contributed by atoms with Crippen LogP contribution in [0.1, 0.15) is 17.9 Å². The van der Waals surface area contributed by atoms with E-state index in [0.29, 0.717) is 0 Å². The maximum Gasteiger partial charge on any atom is 0.328 e. The lowest BCUT2D eigenvalue weighted by Gasteiger charge is -2.09. The van der Waals surface area contributed by atoms with Gasteiger partial charge in [-0.3, -0.25) is 25.0 Å². The number of carbonyl (C=O) groups excluding carboxylic acids is 1. The Hall–Kier alpha value is -2.22. The molecular formula is C10H9ClN2O6. The average molecular weight is 289 g/mol. The number of ether oxygens (including phenoxy) is 1. The molecule has 0 amide bonds. The minimum atomic E-state index is -1.39. The topological polar surface area (TPSA) is 113 Å². The van der Waals surface area contributed by atoms with Gasteiger partial charge in [0.25, 0.3) is 11.4 Å². The van der Waals surface area contributed by atoms with Gasteiger partial charge in [0.05, 0.1) is 28.1 Å². The third kappa shape index (κ3) is 3.38. The van der Waals surface area contributed by atoms with Crippen LogP contribution in [-0.4, -0.2) is 22.4 Å². The van der Waals surface area contributed by atoms with Gasteiger partial charge in [-0.25, -0.2) is 0 Å². The molecule has 0 aliphatic heterocycles. The van der Waals surface area contributed by atoms with Gasteiger partial charge >= 0.3 is 5.97 Å². The molecule has 102 valence electrons. The summed E-state index contributed by atoms with van der Waals surface area (Å²) < 4.78 is 4.64. The smallest absolute Gasteiger partial charge is 0.328 e. The first kappa shape index (κ1) is 14.8. The van der Waals surface area contributed by atoms with E-state index in [1.165, 1.54) is 0 Å². The van der Waals surface area contributed by atoms with E-state index >= 15 is 0 Å².